The zero-order chi connectivity index (χ0) is 21.0. The van der Waals surface area contributed by atoms with Crippen molar-refractivity contribution in [2.75, 3.05) is 5.43 Å². The van der Waals surface area contributed by atoms with E-state index in [1.807, 2.05) is 0 Å². The molecule has 1 N–H and O–H groups in total. The fraction of sp³-hybridized carbons (Fsp3) is 0.0526. The molecule has 0 atom stereocenters. The average Bonchev–Trinajstić information content (AvgIpc) is 3.18. The van der Waals surface area contributed by atoms with E-state index in [0.717, 1.165) is 12.1 Å². The normalized spacial score (nSPS) is 11.8. The molecule has 3 rings (SSSR count). The maximum absolute atomic E-state index is 12.9. The lowest BCUT2D eigenvalue weighted by Gasteiger charge is -2.09. The summed E-state index contributed by atoms with van der Waals surface area (Å²) in [6.07, 6.45) is -4.62. The van der Waals surface area contributed by atoms with Crippen LogP contribution in [0, 0.1) is 11.3 Å². The number of nitrogens with one attached hydrogen (secondary N) is 1. The van der Waals surface area contributed by atoms with Crippen LogP contribution in [0.4, 0.5) is 18.9 Å². The molecule has 0 bridgehead atoms. The smallest absolute Gasteiger partial charge is 0.356 e. The van der Waals surface area contributed by atoms with Crippen LogP contribution in [0.1, 0.15) is 16.1 Å². The summed E-state index contributed by atoms with van der Waals surface area (Å²) in [5.74, 6) is -0.548. The van der Waals surface area contributed by atoms with Crippen LogP contribution in [0.3, 0.4) is 0 Å². The molecule has 0 unspecified atom stereocenters. The van der Waals surface area contributed by atoms with Crippen molar-refractivity contribution in [1.82, 2.24) is 5.16 Å². The zero-order valence-electron chi connectivity index (χ0n) is 14.4. The van der Waals surface area contributed by atoms with E-state index in [9.17, 15) is 23.2 Å². The maximum atomic E-state index is 12.9. The summed E-state index contributed by atoms with van der Waals surface area (Å²) in [6.45, 7) is 0. The summed E-state index contributed by atoms with van der Waals surface area (Å²) < 4.78 is 43.7. The van der Waals surface area contributed by atoms with Crippen molar-refractivity contribution in [2.45, 2.75) is 6.18 Å². The summed E-state index contributed by atoms with van der Waals surface area (Å²) in [5, 5.41) is 16.2. The molecular formula is C19H10ClF3N4O2. The highest BCUT2D eigenvalue weighted by Gasteiger charge is 2.31. The van der Waals surface area contributed by atoms with E-state index in [1.54, 1.807) is 36.4 Å². The molecule has 0 aliphatic carbocycles. The molecule has 0 spiro atoms. The molecule has 0 saturated heterocycles. The molecule has 0 saturated carbocycles. The van der Waals surface area contributed by atoms with Crippen LogP contribution in [0.5, 0.6) is 0 Å². The first-order valence-corrected chi connectivity index (χ1v) is 8.34. The Hall–Kier alpha value is -3.64. The number of benzene rings is 2. The van der Waals surface area contributed by atoms with Crippen LogP contribution in [0.15, 0.2) is 64.2 Å². The van der Waals surface area contributed by atoms with Gasteiger partial charge in [-0.25, -0.2) is 0 Å². The molecule has 146 valence electrons. The number of carbonyl (C=O) groups is 1. The fourth-order valence-corrected chi connectivity index (χ4v) is 2.54. The van der Waals surface area contributed by atoms with E-state index in [2.05, 4.69) is 15.7 Å². The van der Waals surface area contributed by atoms with E-state index < -0.39 is 23.2 Å². The minimum absolute atomic E-state index is 0.143. The average molecular weight is 419 g/mol. The third-order valence-corrected chi connectivity index (χ3v) is 3.86. The number of nitrogens with zero attached hydrogens (tertiary/aromatic N) is 3. The molecule has 0 aliphatic heterocycles. The second-order valence-corrected chi connectivity index (χ2v) is 6.12. The molecule has 29 heavy (non-hydrogen) atoms. The Bertz CT molecular complexity index is 1120. The predicted octanol–water partition coefficient (Wildman–Crippen LogP) is 5.19. The zero-order valence-corrected chi connectivity index (χ0v) is 15.1. The Kier molecular flexibility index (Phi) is 5.66. The second-order valence-electron chi connectivity index (χ2n) is 5.68. The van der Waals surface area contributed by atoms with Gasteiger partial charge in [0.2, 0.25) is 11.5 Å². The first-order valence-electron chi connectivity index (χ1n) is 7.96. The number of nitriles is 1. The molecule has 6 nitrogen and oxygen atoms in total. The van der Waals surface area contributed by atoms with Gasteiger partial charge in [-0.2, -0.15) is 23.5 Å². The number of alkyl halides is 3. The maximum Gasteiger partial charge on any atom is 0.416 e. The predicted molar refractivity (Wildman–Crippen MR) is 99.4 cm³/mol. The van der Waals surface area contributed by atoms with Gasteiger partial charge < -0.3 is 4.52 Å². The van der Waals surface area contributed by atoms with Gasteiger partial charge in [0.1, 0.15) is 6.07 Å². The Labute approximate surface area is 167 Å². The molecule has 1 heterocycles. The number of aromatic nitrogens is 1. The van der Waals surface area contributed by atoms with Gasteiger partial charge in [0.15, 0.2) is 11.5 Å². The Balaban J connectivity index is 1.82. The van der Waals surface area contributed by atoms with Gasteiger partial charge in [0.05, 0.1) is 11.3 Å². The van der Waals surface area contributed by atoms with Gasteiger partial charge in [-0.1, -0.05) is 47.1 Å². The lowest BCUT2D eigenvalue weighted by atomic mass is 10.1. The second kappa shape index (κ2) is 8.16. The Morgan fingerprint density at radius 2 is 1.90 bits per heavy atom. The van der Waals surface area contributed by atoms with Gasteiger partial charge in [-0.3, -0.25) is 10.2 Å². The summed E-state index contributed by atoms with van der Waals surface area (Å²) in [6, 6.07) is 14.4. The monoisotopic (exact) mass is 418 g/mol. The van der Waals surface area contributed by atoms with Crippen molar-refractivity contribution < 1.29 is 22.5 Å². The molecule has 2 aromatic carbocycles. The topological polar surface area (TPSA) is 91.3 Å². The van der Waals surface area contributed by atoms with Crippen LogP contribution in [0.25, 0.3) is 11.3 Å². The van der Waals surface area contributed by atoms with Gasteiger partial charge in [0.25, 0.3) is 0 Å². The van der Waals surface area contributed by atoms with Crippen LogP contribution in [0.2, 0.25) is 5.02 Å². The summed E-state index contributed by atoms with van der Waals surface area (Å²) in [4.78, 5) is 12.4. The van der Waals surface area contributed by atoms with Gasteiger partial charge in [0, 0.05) is 16.7 Å². The highest BCUT2D eigenvalue weighted by molar-refractivity contribution is 6.51. The number of ketones is 1. The van der Waals surface area contributed by atoms with Crippen molar-refractivity contribution in [2.24, 2.45) is 5.10 Å². The van der Waals surface area contributed by atoms with E-state index >= 15 is 0 Å². The standard InChI is InChI=1S/C19H10ClF3N4O2/c20-13-6-12(19(21,22)23)7-14(8-13)25-26-16(10-24)18(28)15-9-17(29-27-15)11-4-2-1-3-5-11/h1-9,25H. The Morgan fingerprint density at radius 3 is 2.55 bits per heavy atom. The van der Waals surface area contributed by atoms with Crippen molar-refractivity contribution in [3.05, 3.63) is 70.9 Å². The highest BCUT2D eigenvalue weighted by Crippen LogP contribution is 2.33. The number of carbonyl (C=O) groups excluding carboxylic acids is 1. The lowest BCUT2D eigenvalue weighted by molar-refractivity contribution is -0.137. The van der Waals surface area contributed by atoms with Crippen molar-refractivity contribution in [3.63, 3.8) is 0 Å². The van der Waals surface area contributed by atoms with Gasteiger partial charge in [-0.05, 0) is 18.2 Å². The van der Waals surface area contributed by atoms with Crippen molar-refractivity contribution in [3.8, 4) is 17.4 Å². The van der Waals surface area contributed by atoms with E-state index in [0.29, 0.717) is 11.3 Å². The number of rotatable bonds is 5. The van der Waals surface area contributed by atoms with Crippen LogP contribution >= 0.6 is 11.6 Å². The SMILES string of the molecule is N#CC(=NNc1cc(Cl)cc(C(F)(F)F)c1)C(=O)c1cc(-c2ccccc2)on1. The number of hydrogen-bond donors (Lipinski definition) is 1. The van der Waals surface area contributed by atoms with Crippen LogP contribution in [-0.4, -0.2) is 16.7 Å². The molecule has 0 amide bonds. The number of Topliss-reactive ketones (excluding diaryl/α,β-unsaturated/α-hetero) is 1. The fourth-order valence-electron chi connectivity index (χ4n) is 2.31. The first-order chi connectivity index (χ1) is 13.8. The number of hydrazone groups is 1. The Morgan fingerprint density at radius 1 is 1.17 bits per heavy atom. The van der Waals surface area contributed by atoms with Crippen molar-refractivity contribution in [1.29, 1.82) is 5.26 Å². The van der Waals surface area contributed by atoms with Gasteiger partial charge >= 0.3 is 6.18 Å². The largest absolute Gasteiger partial charge is 0.416 e. The van der Waals surface area contributed by atoms with Gasteiger partial charge in [-0.15, -0.1) is 0 Å². The third kappa shape index (κ3) is 4.80. The van der Waals surface area contributed by atoms with Crippen LogP contribution in [-0.2, 0) is 6.18 Å². The number of hydrogen-bond acceptors (Lipinski definition) is 6. The molecule has 10 heteroatoms. The van der Waals surface area contributed by atoms with E-state index in [-0.39, 0.29) is 16.4 Å². The number of halogens is 4. The van der Waals surface area contributed by atoms with Crippen molar-refractivity contribution >= 4 is 28.8 Å². The summed E-state index contributed by atoms with van der Waals surface area (Å²) in [7, 11) is 0. The molecular weight excluding hydrogens is 409 g/mol. The first kappa shape index (κ1) is 20.1. The molecule has 0 radical (unpaired) electrons. The number of anilines is 1. The summed E-state index contributed by atoms with van der Waals surface area (Å²) >= 11 is 5.68. The molecule has 0 aliphatic rings. The van der Waals surface area contributed by atoms with Crippen LogP contribution < -0.4 is 5.43 Å². The minimum Gasteiger partial charge on any atom is -0.356 e. The lowest BCUT2D eigenvalue weighted by Crippen LogP contribution is -2.14. The van der Waals surface area contributed by atoms with E-state index in [1.165, 1.54) is 12.1 Å². The summed E-state index contributed by atoms with van der Waals surface area (Å²) in [5.41, 5.74) is 0.974. The third-order valence-electron chi connectivity index (χ3n) is 3.64. The minimum atomic E-state index is -4.62. The molecule has 0 fully saturated rings. The highest BCUT2D eigenvalue weighted by atomic mass is 35.5. The molecule has 1 aromatic heterocycles. The molecule has 3 aromatic rings. The quantitative estimate of drug-likeness (QED) is 0.350. The van der Waals surface area contributed by atoms with E-state index in [4.69, 9.17) is 16.1 Å².